The van der Waals surface area contributed by atoms with Gasteiger partial charge in [0.05, 0.1) is 6.54 Å². The van der Waals surface area contributed by atoms with Crippen LogP contribution in [0, 0.1) is 0 Å². The highest BCUT2D eigenvalue weighted by atomic mass is 16.1. The summed E-state index contributed by atoms with van der Waals surface area (Å²) >= 11 is 0. The number of H-pyrrole nitrogens is 1. The highest BCUT2D eigenvalue weighted by molar-refractivity contribution is 5.36. The topological polar surface area (TPSA) is 78.8 Å². The molecular weight excluding hydrogens is 292 g/mol. The standard InChI is InChI=1S/C16H22N6O/c23-16-15(18-5-6-19-16)21-8-1-2-12(11-21)20-10-14-17-7-9-22(14)13-3-4-13/h5-7,9,12-13,20H,1-4,8,10-11H2,(H,19,23). The lowest BCUT2D eigenvalue weighted by Gasteiger charge is -2.33. The Morgan fingerprint density at radius 3 is 3.00 bits per heavy atom. The molecule has 122 valence electrons. The van der Waals surface area contributed by atoms with Crippen molar-refractivity contribution in [2.45, 2.75) is 44.3 Å². The van der Waals surface area contributed by atoms with Gasteiger partial charge in [-0.05, 0) is 25.7 Å². The Labute approximate surface area is 134 Å². The van der Waals surface area contributed by atoms with E-state index in [9.17, 15) is 4.79 Å². The molecule has 4 rings (SSSR count). The molecule has 0 aromatic carbocycles. The summed E-state index contributed by atoms with van der Waals surface area (Å²) in [6.07, 6.45) is 11.9. The fourth-order valence-electron chi connectivity index (χ4n) is 3.31. The van der Waals surface area contributed by atoms with E-state index in [-0.39, 0.29) is 5.56 Å². The minimum absolute atomic E-state index is 0.113. The van der Waals surface area contributed by atoms with Crippen molar-refractivity contribution in [2.24, 2.45) is 0 Å². The van der Waals surface area contributed by atoms with E-state index in [2.05, 4.69) is 35.9 Å². The maximum atomic E-state index is 11.9. The molecule has 23 heavy (non-hydrogen) atoms. The van der Waals surface area contributed by atoms with Crippen LogP contribution in [0.2, 0.25) is 0 Å². The summed E-state index contributed by atoms with van der Waals surface area (Å²) in [4.78, 5) is 25.4. The van der Waals surface area contributed by atoms with Crippen molar-refractivity contribution in [1.82, 2.24) is 24.8 Å². The molecule has 3 heterocycles. The molecular formula is C16H22N6O. The molecule has 1 unspecified atom stereocenters. The molecule has 7 nitrogen and oxygen atoms in total. The number of hydrogen-bond acceptors (Lipinski definition) is 5. The van der Waals surface area contributed by atoms with Crippen molar-refractivity contribution >= 4 is 5.82 Å². The minimum atomic E-state index is -0.113. The molecule has 1 saturated carbocycles. The third-order valence-corrected chi connectivity index (χ3v) is 4.65. The molecule has 2 aromatic heterocycles. The van der Waals surface area contributed by atoms with Crippen LogP contribution in [0.1, 0.15) is 37.5 Å². The molecule has 0 amide bonds. The average molecular weight is 314 g/mol. The van der Waals surface area contributed by atoms with Gasteiger partial charge in [-0.1, -0.05) is 0 Å². The van der Waals surface area contributed by atoms with Gasteiger partial charge in [0.1, 0.15) is 5.82 Å². The molecule has 1 aliphatic carbocycles. The van der Waals surface area contributed by atoms with E-state index in [0.29, 0.717) is 17.9 Å². The van der Waals surface area contributed by atoms with E-state index >= 15 is 0 Å². The molecule has 2 aromatic rings. The molecule has 0 radical (unpaired) electrons. The average Bonchev–Trinajstić information content (AvgIpc) is 3.32. The molecule has 0 bridgehead atoms. The van der Waals surface area contributed by atoms with Crippen LogP contribution in [0.5, 0.6) is 0 Å². The molecule has 1 aliphatic heterocycles. The van der Waals surface area contributed by atoms with Crippen LogP contribution in [-0.2, 0) is 6.54 Å². The van der Waals surface area contributed by atoms with Crippen LogP contribution in [0.4, 0.5) is 5.82 Å². The summed E-state index contributed by atoms with van der Waals surface area (Å²) in [5.74, 6) is 1.64. The fourth-order valence-corrected chi connectivity index (χ4v) is 3.31. The third-order valence-electron chi connectivity index (χ3n) is 4.65. The number of piperidine rings is 1. The Morgan fingerprint density at radius 2 is 2.17 bits per heavy atom. The molecule has 1 atom stereocenters. The van der Waals surface area contributed by atoms with Gasteiger partial charge in [0, 0.05) is 50.0 Å². The first-order chi connectivity index (χ1) is 11.3. The van der Waals surface area contributed by atoms with Crippen LogP contribution in [-0.4, -0.2) is 38.7 Å². The fraction of sp³-hybridized carbons (Fsp3) is 0.562. The number of nitrogens with zero attached hydrogens (tertiary/aromatic N) is 4. The first-order valence-corrected chi connectivity index (χ1v) is 8.35. The van der Waals surface area contributed by atoms with Crippen LogP contribution >= 0.6 is 0 Å². The second-order valence-electron chi connectivity index (χ2n) is 6.39. The van der Waals surface area contributed by atoms with Crippen LogP contribution in [0.15, 0.2) is 29.6 Å². The summed E-state index contributed by atoms with van der Waals surface area (Å²) in [6.45, 7) is 2.47. The Bertz CT molecular complexity index is 719. The van der Waals surface area contributed by atoms with Crippen LogP contribution in [0.3, 0.4) is 0 Å². The number of imidazole rings is 1. The third kappa shape index (κ3) is 3.14. The molecule has 2 fully saturated rings. The first-order valence-electron chi connectivity index (χ1n) is 8.35. The van der Waals surface area contributed by atoms with Gasteiger partial charge in [0.2, 0.25) is 0 Å². The Kier molecular flexibility index (Phi) is 3.87. The van der Waals surface area contributed by atoms with E-state index in [1.165, 1.54) is 12.8 Å². The lowest BCUT2D eigenvalue weighted by atomic mass is 10.1. The predicted molar refractivity (Wildman–Crippen MR) is 87.4 cm³/mol. The minimum Gasteiger partial charge on any atom is -0.350 e. The molecule has 2 aliphatic rings. The van der Waals surface area contributed by atoms with Gasteiger partial charge in [0.15, 0.2) is 5.82 Å². The Hall–Kier alpha value is -2.15. The maximum absolute atomic E-state index is 11.9. The van der Waals surface area contributed by atoms with E-state index in [0.717, 1.165) is 38.3 Å². The monoisotopic (exact) mass is 314 g/mol. The van der Waals surface area contributed by atoms with Crippen molar-refractivity contribution in [1.29, 1.82) is 0 Å². The van der Waals surface area contributed by atoms with E-state index in [1.807, 2.05) is 6.20 Å². The van der Waals surface area contributed by atoms with E-state index < -0.39 is 0 Å². The van der Waals surface area contributed by atoms with Gasteiger partial charge < -0.3 is 19.8 Å². The van der Waals surface area contributed by atoms with Gasteiger partial charge in [0.25, 0.3) is 5.56 Å². The van der Waals surface area contributed by atoms with Gasteiger partial charge in [-0.3, -0.25) is 4.79 Å². The van der Waals surface area contributed by atoms with Crippen molar-refractivity contribution in [3.8, 4) is 0 Å². The number of aromatic amines is 1. The van der Waals surface area contributed by atoms with E-state index in [1.54, 1.807) is 12.4 Å². The highest BCUT2D eigenvalue weighted by Gasteiger charge is 2.26. The zero-order valence-electron chi connectivity index (χ0n) is 13.1. The Balaban J connectivity index is 1.39. The van der Waals surface area contributed by atoms with Gasteiger partial charge in [-0.15, -0.1) is 0 Å². The van der Waals surface area contributed by atoms with Crippen LogP contribution < -0.4 is 15.8 Å². The smallest absolute Gasteiger partial charge is 0.290 e. The largest absolute Gasteiger partial charge is 0.350 e. The first kappa shape index (κ1) is 14.4. The lowest BCUT2D eigenvalue weighted by molar-refractivity contribution is 0.411. The van der Waals surface area contributed by atoms with Gasteiger partial charge in [-0.2, -0.15) is 0 Å². The number of anilines is 1. The summed E-state index contributed by atoms with van der Waals surface area (Å²) in [7, 11) is 0. The summed E-state index contributed by atoms with van der Waals surface area (Å²) in [5.41, 5.74) is -0.113. The van der Waals surface area contributed by atoms with Gasteiger partial charge in [-0.25, -0.2) is 9.97 Å². The van der Waals surface area contributed by atoms with Gasteiger partial charge >= 0.3 is 0 Å². The summed E-state index contributed by atoms with van der Waals surface area (Å²) < 4.78 is 2.29. The number of aromatic nitrogens is 4. The number of rotatable bonds is 5. The molecule has 0 spiro atoms. The highest BCUT2D eigenvalue weighted by Crippen LogP contribution is 2.35. The second kappa shape index (κ2) is 6.16. The lowest BCUT2D eigenvalue weighted by Crippen LogP contribution is -2.47. The normalized spacial score (nSPS) is 21.6. The van der Waals surface area contributed by atoms with E-state index in [4.69, 9.17) is 0 Å². The van der Waals surface area contributed by atoms with Crippen molar-refractivity contribution in [3.63, 3.8) is 0 Å². The van der Waals surface area contributed by atoms with Crippen LogP contribution in [0.25, 0.3) is 0 Å². The maximum Gasteiger partial charge on any atom is 0.290 e. The predicted octanol–water partition coefficient (Wildman–Crippen LogP) is 1.06. The summed E-state index contributed by atoms with van der Waals surface area (Å²) in [6, 6.07) is 1.01. The summed E-state index contributed by atoms with van der Waals surface area (Å²) in [5, 5.41) is 3.60. The van der Waals surface area contributed by atoms with Crippen molar-refractivity contribution < 1.29 is 0 Å². The molecule has 2 N–H and O–H groups in total. The second-order valence-corrected chi connectivity index (χ2v) is 6.39. The Morgan fingerprint density at radius 1 is 1.26 bits per heavy atom. The van der Waals surface area contributed by atoms with Crippen molar-refractivity contribution in [2.75, 3.05) is 18.0 Å². The van der Waals surface area contributed by atoms with Crippen molar-refractivity contribution in [3.05, 3.63) is 41.0 Å². The molecule has 7 heteroatoms. The SMILES string of the molecule is O=c1[nH]ccnc1N1CCCC(NCc2nccn2C2CC2)C1. The quantitative estimate of drug-likeness (QED) is 0.863. The number of nitrogens with one attached hydrogen (secondary N) is 2. The number of hydrogen-bond donors (Lipinski definition) is 2. The zero-order valence-corrected chi connectivity index (χ0v) is 13.1. The molecule has 1 saturated heterocycles. The zero-order chi connectivity index (χ0) is 15.6.